The van der Waals surface area contributed by atoms with Gasteiger partial charge in [0.2, 0.25) is 0 Å². The van der Waals surface area contributed by atoms with E-state index < -0.39 is 18.1 Å². The first-order valence-electron chi connectivity index (χ1n) is 4.07. The monoisotopic (exact) mass is 252 g/mol. The van der Waals surface area contributed by atoms with Crippen LogP contribution >= 0.6 is 12.6 Å². The number of benzene rings is 1. The van der Waals surface area contributed by atoms with Crippen LogP contribution in [0.15, 0.2) is 23.1 Å². The molecule has 1 aromatic rings. The number of halogens is 3. The van der Waals surface area contributed by atoms with E-state index in [0.29, 0.717) is 0 Å². The molecule has 0 aromatic heterocycles. The van der Waals surface area contributed by atoms with Crippen LogP contribution in [0, 0.1) is 0 Å². The summed E-state index contributed by atoms with van der Waals surface area (Å²) in [6.07, 6.45) is -5.19. The first-order valence-corrected chi connectivity index (χ1v) is 4.51. The summed E-state index contributed by atoms with van der Waals surface area (Å²) in [5, 5.41) is 8.49. The number of thiol groups is 1. The lowest BCUT2D eigenvalue weighted by molar-refractivity contribution is -0.274. The van der Waals surface area contributed by atoms with Gasteiger partial charge in [-0.15, -0.1) is 25.8 Å². The molecule has 0 bridgehead atoms. The van der Waals surface area contributed by atoms with Crippen molar-refractivity contribution in [2.24, 2.45) is 0 Å². The fourth-order valence-corrected chi connectivity index (χ4v) is 1.41. The zero-order valence-electron chi connectivity index (χ0n) is 7.78. The van der Waals surface area contributed by atoms with E-state index in [1.165, 1.54) is 6.07 Å². The lowest BCUT2D eigenvalue weighted by atomic mass is 10.1. The van der Waals surface area contributed by atoms with Crippen molar-refractivity contribution in [3.8, 4) is 5.75 Å². The summed E-state index contributed by atoms with van der Waals surface area (Å²) < 4.78 is 39.4. The Morgan fingerprint density at radius 2 is 2.00 bits per heavy atom. The molecule has 0 saturated heterocycles. The lowest BCUT2D eigenvalue weighted by Crippen LogP contribution is -2.17. The van der Waals surface area contributed by atoms with Crippen molar-refractivity contribution in [1.82, 2.24) is 0 Å². The van der Waals surface area contributed by atoms with E-state index >= 15 is 0 Å². The molecular weight excluding hydrogens is 245 g/mol. The normalized spacial score (nSPS) is 11.2. The Balaban J connectivity index is 2.94. The number of hydrogen-bond acceptors (Lipinski definition) is 3. The maximum Gasteiger partial charge on any atom is 0.573 e. The van der Waals surface area contributed by atoms with Gasteiger partial charge in [0.05, 0.1) is 6.42 Å². The third kappa shape index (κ3) is 4.43. The highest BCUT2D eigenvalue weighted by Gasteiger charge is 2.31. The Kier molecular flexibility index (Phi) is 3.69. The molecule has 7 heteroatoms. The number of ether oxygens (including phenoxy) is 1. The van der Waals surface area contributed by atoms with Gasteiger partial charge in [0, 0.05) is 4.90 Å². The average Bonchev–Trinajstić information content (AvgIpc) is 1.96. The molecule has 0 aliphatic heterocycles. The summed E-state index contributed by atoms with van der Waals surface area (Å²) in [6.45, 7) is 0. The Morgan fingerprint density at radius 3 is 2.50 bits per heavy atom. The van der Waals surface area contributed by atoms with Crippen molar-refractivity contribution in [2.75, 3.05) is 0 Å². The third-order valence-corrected chi connectivity index (χ3v) is 1.80. The van der Waals surface area contributed by atoms with Gasteiger partial charge in [0.15, 0.2) is 0 Å². The van der Waals surface area contributed by atoms with Gasteiger partial charge in [0.1, 0.15) is 5.75 Å². The van der Waals surface area contributed by atoms with E-state index in [2.05, 4.69) is 17.4 Å². The molecule has 16 heavy (non-hydrogen) atoms. The Hall–Kier alpha value is -1.37. The van der Waals surface area contributed by atoms with E-state index in [1.54, 1.807) is 0 Å². The zero-order chi connectivity index (χ0) is 12.3. The Morgan fingerprint density at radius 1 is 1.38 bits per heavy atom. The molecule has 0 fully saturated rings. The van der Waals surface area contributed by atoms with Crippen LogP contribution in [0.3, 0.4) is 0 Å². The summed E-state index contributed by atoms with van der Waals surface area (Å²) in [4.78, 5) is 10.6. The highest BCUT2D eigenvalue weighted by Crippen LogP contribution is 2.26. The Bertz CT molecular complexity index is 403. The largest absolute Gasteiger partial charge is 0.573 e. The predicted molar refractivity (Wildman–Crippen MR) is 51.7 cm³/mol. The van der Waals surface area contributed by atoms with Gasteiger partial charge in [-0.25, -0.2) is 0 Å². The predicted octanol–water partition coefficient (Wildman–Crippen LogP) is 2.50. The second-order valence-electron chi connectivity index (χ2n) is 2.95. The summed E-state index contributed by atoms with van der Waals surface area (Å²) in [5.74, 6) is -1.62. The van der Waals surface area contributed by atoms with E-state index in [-0.39, 0.29) is 16.9 Å². The topological polar surface area (TPSA) is 46.5 Å². The zero-order valence-corrected chi connectivity index (χ0v) is 8.68. The summed E-state index contributed by atoms with van der Waals surface area (Å²) >= 11 is 3.86. The fraction of sp³-hybridized carbons (Fsp3) is 0.222. The highest BCUT2D eigenvalue weighted by molar-refractivity contribution is 7.80. The molecule has 0 saturated carbocycles. The van der Waals surface area contributed by atoms with Crippen LogP contribution in [0.25, 0.3) is 0 Å². The van der Waals surface area contributed by atoms with E-state index in [4.69, 9.17) is 5.11 Å². The standard InChI is InChI=1S/C9H7F3O3S/c10-9(11,12)15-6-1-5(3-8(13)14)2-7(16)4-6/h1-2,4,16H,3H2,(H,13,14). The number of carboxylic acid groups (broad SMARTS) is 1. The molecule has 0 spiro atoms. The minimum absolute atomic E-state index is 0.194. The number of carboxylic acids is 1. The molecule has 0 heterocycles. The molecule has 0 radical (unpaired) electrons. The molecule has 1 rings (SSSR count). The van der Waals surface area contributed by atoms with Crippen LogP contribution in [0.1, 0.15) is 5.56 Å². The molecule has 0 unspecified atom stereocenters. The van der Waals surface area contributed by atoms with Crippen LogP contribution in [0.2, 0.25) is 0 Å². The molecular formula is C9H7F3O3S. The molecule has 1 aromatic carbocycles. The van der Waals surface area contributed by atoms with Gasteiger partial charge in [-0.1, -0.05) is 0 Å². The van der Waals surface area contributed by atoms with Crippen molar-refractivity contribution in [3.63, 3.8) is 0 Å². The minimum atomic E-state index is -4.80. The molecule has 1 N–H and O–H groups in total. The van der Waals surface area contributed by atoms with Gasteiger partial charge < -0.3 is 9.84 Å². The van der Waals surface area contributed by atoms with Gasteiger partial charge in [-0.05, 0) is 23.8 Å². The fourth-order valence-electron chi connectivity index (χ4n) is 1.11. The molecule has 0 atom stereocenters. The highest BCUT2D eigenvalue weighted by atomic mass is 32.1. The molecule has 0 amide bonds. The van der Waals surface area contributed by atoms with E-state index in [1.807, 2.05) is 0 Å². The van der Waals surface area contributed by atoms with Gasteiger partial charge in [-0.2, -0.15) is 0 Å². The molecule has 0 aliphatic carbocycles. The number of aliphatic carboxylic acids is 1. The first kappa shape index (κ1) is 12.7. The average molecular weight is 252 g/mol. The van der Waals surface area contributed by atoms with Crippen LogP contribution in [0.5, 0.6) is 5.75 Å². The van der Waals surface area contributed by atoms with Crippen molar-refractivity contribution in [3.05, 3.63) is 23.8 Å². The van der Waals surface area contributed by atoms with Crippen molar-refractivity contribution in [2.45, 2.75) is 17.7 Å². The van der Waals surface area contributed by atoms with E-state index in [0.717, 1.165) is 12.1 Å². The van der Waals surface area contributed by atoms with Crippen LogP contribution < -0.4 is 4.74 Å². The first-order chi connectivity index (χ1) is 7.26. The molecule has 3 nitrogen and oxygen atoms in total. The summed E-state index contributed by atoms with van der Waals surface area (Å²) in [6, 6.07) is 3.43. The Labute approximate surface area is 94.2 Å². The molecule has 88 valence electrons. The smallest absolute Gasteiger partial charge is 0.481 e. The number of rotatable bonds is 3. The van der Waals surface area contributed by atoms with Crippen LogP contribution in [0.4, 0.5) is 13.2 Å². The second kappa shape index (κ2) is 4.65. The van der Waals surface area contributed by atoms with Gasteiger partial charge in [-0.3, -0.25) is 4.79 Å². The minimum Gasteiger partial charge on any atom is -0.481 e. The second-order valence-corrected chi connectivity index (χ2v) is 3.47. The van der Waals surface area contributed by atoms with Gasteiger partial charge in [0.25, 0.3) is 0 Å². The number of carbonyl (C=O) groups is 1. The van der Waals surface area contributed by atoms with E-state index in [9.17, 15) is 18.0 Å². The maximum atomic E-state index is 11.9. The quantitative estimate of drug-likeness (QED) is 0.812. The number of alkyl halides is 3. The third-order valence-electron chi connectivity index (χ3n) is 1.54. The summed E-state index contributed by atoms with van der Waals surface area (Å²) in [5.41, 5.74) is 0.194. The van der Waals surface area contributed by atoms with Crippen molar-refractivity contribution >= 4 is 18.6 Å². The van der Waals surface area contributed by atoms with Crippen molar-refractivity contribution in [1.29, 1.82) is 0 Å². The van der Waals surface area contributed by atoms with Gasteiger partial charge >= 0.3 is 12.3 Å². The summed E-state index contributed by atoms with van der Waals surface area (Å²) in [7, 11) is 0. The van der Waals surface area contributed by atoms with Crippen LogP contribution in [-0.4, -0.2) is 17.4 Å². The molecule has 0 aliphatic rings. The van der Waals surface area contributed by atoms with Crippen LogP contribution in [-0.2, 0) is 11.2 Å². The lowest BCUT2D eigenvalue weighted by Gasteiger charge is -2.10. The number of hydrogen-bond donors (Lipinski definition) is 2. The maximum absolute atomic E-state index is 11.9. The SMILES string of the molecule is O=C(O)Cc1cc(S)cc(OC(F)(F)F)c1. The van der Waals surface area contributed by atoms with Crippen molar-refractivity contribution < 1.29 is 27.8 Å².